The summed E-state index contributed by atoms with van der Waals surface area (Å²) in [5.41, 5.74) is 0.691. The normalized spacial score (nSPS) is 15.3. The molecule has 27 heavy (non-hydrogen) atoms. The second-order valence-electron chi connectivity index (χ2n) is 5.83. The first kappa shape index (κ1) is 20.1. The van der Waals surface area contributed by atoms with Crippen LogP contribution in [-0.4, -0.2) is 51.5 Å². The summed E-state index contributed by atoms with van der Waals surface area (Å²) in [6, 6.07) is 13.5. The Morgan fingerprint density at radius 3 is 2.33 bits per heavy atom. The van der Waals surface area contributed by atoms with E-state index in [1.54, 1.807) is 12.1 Å². The predicted octanol–water partition coefficient (Wildman–Crippen LogP) is 2.33. The molecule has 0 radical (unpaired) electrons. The molecule has 3 rings (SSSR count). The van der Waals surface area contributed by atoms with Gasteiger partial charge < -0.3 is 14.8 Å². The molecule has 0 atom stereocenters. The highest BCUT2D eigenvalue weighted by molar-refractivity contribution is 14.1. The smallest absolute Gasteiger partial charge is 0.262 e. The fraction of sp³-hybridized carbons (Fsp3) is 0.278. The number of ether oxygens (including phenoxy) is 2. The zero-order valence-electron chi connectivity index (χ0n) is 14.4. The SMILES string of the molecule is O=C(COc1ccc(S(=O)(=O)N2CCOCC2)cc1)Nc1ccc(I)cc1. The van der Waals surface area contributed by atoms with Gasteiger partial charge in [0.15, 0.2) is 6.61 Å². The monoisotopic (exact) mass is 502 g/mol. The van der Waals surface area contributed by atoms with Crippen LogP contribution in [0.2, 0.25) is 0 Å². The Bertz CT molecular complexity index is 879. The van der Waals surface area contributed by atoms with E-state index in [9.17, 15) is 13.2 Å². The average Bonchev–Trinajstić information content (AvgIpc) is 2.69. The van der Waals surface area contributed by atoms with Crippen LogP contribution in [0.1, 0.15) is 0 Å². The number of hydrogen-bond donors (Lipinski definition) is 1. The van der Waals surface area contributed by atoms with Crippen LogP contribution in [0.4, 0.5) is 5.69 Å². The van der Waals surface area contributed by atoms with E-state index in [1.165, 1.54) is 16.4 Å². The lowest BCUT2D eigenvalue weighted by Gasteiger charge is -2.26. The molecule has 1 fully saturated rings. The molecule has 1 aliphatic rings. The highest BCUT2D eigenvalue weighted by atomic mass is 127. The second kappa shape index (κ2) is 9.00. The molecule has 1 heterocycles. The Kier molecular flexibility index (Phi) is 6.68. The van der Waals surface area contributed by atoms with Crippen LogP contribution in [0, 0.1) is 3.57 Å². The first-order valence-electron chi connectivity index (χ1n) is 8.31. The van der Waals surface area contributed by atoms with Crippen molar-refractivity contribution in [1.29, 1.82) is 0 Å². The Morgan fingerprint density at radius 1 is 1.07 bits per heavy atom. The fourth-order valence-electron chi connectivity index (χ4n) is 2.52. The average molecular weight is 502 g/mol. The molecule has 1 amide bonds. The lowest BCUT2D eigenvalue weighted by molar-refractivity contribution is -0.118. The molecular weight excluding hydrogens is 483 g/mol. The predicted molar refractivity (Wildman–Crippen MR) is 109 cm³/mol. The van der Waals surface area contributed by atoms with Gasteiger partial charge in [-0.25, -0.2) is 8.42 Å². The van der Waals surface area contributed by atoms with Gasteiger partial charge in [0, 0.05) is 22.3 Å². The van der Waals surface area contributed by atoms with Gasteiger partial charge in [-0.05, 0) is 71.1 Å². The van der Waals surface area contributed by atoms with Crippen molar-refractivity contribution in [3.8, 4) is 5.75 Å². The van der Waals surface area contributed by atoms with Crippen LogP contribution >= 0.6 is 22.6 Å². The molecule has 0 saturated carbocycles. The minimum atomic E-state index is -3.54. The maximum Gasteiger partial charge on any atom is 0.262 e. The van der Waals surface area contributed by atoms with E-state index in [-0.39, 0.29) is 17.4 Å². The van der Waals surface area contributed by atoms with E-state index >= 15 is 0 Å². The van der Waals surface area contributed by atoms with Gasteiger partial charge in [0.25, 0.3) is 5.91 Å². The maximum atomic E-state index is 12.6. The third-order valence-electron chi connectivity index (χ3n) is 3.93. The van der Waals surface area contributed by atoms with Gasteiger partial charge in [0.05, 0.1) is 18.1 Å². The van der Waals surface area contributed by atoms with Gasteiger partial charge in [-0.1, -0.05) is 0 Å². The molecule has 0 unspecified atom stereocenters. The lowest BCUT2D eigenvalue weighted by atomic mass is 10.3. The second-order valence-corrected chi connectivity index (χ2v) is 9.02. The van der Waals surface area contributed by atoms with E-state index < -0.39 is 10.0 Å². The van der Waals surface area contributed by atoms with Gasteiger partial charge in [-0.3, -0.25) is 4.79 Å². The minimum absolute atomic E-state index is 0.165. The molecule has 2 aromatic rings. The summed E-state index contributed by atoms with van der Waals surface area (Å²) in [5.74, 6) is 0.134. The van der Waals surface area contributed by atoms with Crippen LogP contribution in [0.3, 0.4) is 0 Å². The zero-order chi connectivity index (χ0) is 19.3. The van der Waals surface area contributed by atoms with Gasteiger partial charge in [-0.15, -0.1) is 0 Å². The van der Waals surface area contributed by atoms with Crippen LogP contribution in [-0.2, 0) is 19.6 Å². The quantitative estimate of drug-likeness (QED) is 0.614. The van der Waals surface area contributed by atoms with Crippen molar-refractivity contribution < 1.29 is 22.7 Å². The number of benzene rings is 2. The van der Waals surface area contributed by atoms with Crippen molar-refractivity contribution in [2.45, 2.75) is 4.90 Å². The molecule has 0 bridgehead atoms. The number of carbonyl (C=O) groups is 1. The number of hydrogen-bond acceptors (Lipinski definition) is 5. The van der Waals surface area contributed by atoms with Crippen molar-refractivity contribution in [2.24, 2.45) is 0 Å². The van der Waals surface area contributed by atoms with Crippen LogP contribution in [0.25, 0.3) is 0 Å². The summed E-state index contributed by atoms with van der Waals surface area (Å²) >= 11 is 2.19. The molecule has 1 aliphatic heterocycles. The van der Waals surface area contributed by atoms with Crippen molar-refractivity contribution in [3.63, 3.8) is 0 Å². The van der Waals surface area contributed by atoms with E-state index in [4.69, 9.17) is 9.47 Å². The molecule has 1 saturated heterocycles. The number of morpholine rings is 1. The summed E-state index contributed by atoms with van der Waals surface area (Å²) < 4.78 is 38.2. The number of nitrogens with one attached hydrogen (secondary N) is 1. The Labute approximate surface area is 171 Å². The van der Waals surface area contributed by atoms with E-state index in [2.05, 4.69) is 27.9 Å². The highest BCUT2D eigenvalue weighted by Gasteiger charge is 2.26. The molecule has 1 N–H and O–H groups in total. The standard InChI is InChI=1S/C18H19IN2O5S/c19-14-1-3-15(4-2-14)20-18(22)13-26-16-5-7-17(8-6-16)27(23,24)21-9-11-25-12-10-21/h1-8H,9-13H2,(H,20,22). The lowest BCUT2D eigenvalue weighted by Crippen LogP contribution is -2.40. The highest BCUT2D eigenvalue weighted by Crippen LogP contribution is 2.20. The van der Waals surface area contributed by atoms with Crippen molar-refractivity contribution >= 4 is 44.2 Å². The summed E-state index contributed by atoms with van der Waals surface area (Å²) in [5, 5.41) is 2.74. The molecule has 144 valence electrons. The Morgan fingerprint density at radius 2 is 1.70 bits per heavy atom. The number of halogens is 1. The van der Waals surface area contributed by atoms with Crippen LogP contribution in [0.15, 0.2) is 53.4 Å². The van der Waals surface area contributed by atoms with Crippen LogP contribution < -0.4 is 10.1 Å². The molecule has 2 aromatic carbocycles. The topological polar surface area (TPSA) is 84.9 Å². The van der Waals surface area contributed by atoms with Crippen LogP contribution in [0.5, 0.6) is 5.75 Å². The van der Waals surface area contributed by atoms with E-state index in [0.29, 0.717) is 37.7 Å². The minimum Gasteiger partial charge on any atom is -0.484 e. The summed E-state index contributed by atoms with van der Waals surface area (Å²) in [4.78, 5) is 12.1. The van der Waals surface area contributed by atoms with E-state index in [0.717, 1.165) is 3.57 Å². The van der Waals surface area contributed by atoms with E-state index in [1.807, 2.05) is 24.3 Å². The number of sulfonamides is 1. The third-order valence-corrected chi connectivity index (χ3v) is 6.56. The number of amides is 1. The summed E-state index contributed by atoms with van der Waals surface area (Å²) in [6.07, 6.45) is 0. The van der Waals surface area contributed by atoms with Crippen molar-refractivity contribution in [1.82, 2.24) is 4.31 Å². The molecule has 9 heteroatoms. The first-order valence-corrected chi connectivity index (χ1v) is 10.8. The Hall–Kier alpha value is -1.69. The number of rotatable bonds is 6. The number of anilines is 1. The maximum absolute atomic E-state index is 12.6. The summed E-state index contributed by atoms with van der Waals surface area (Å²) in [6.45, 7) is 1.33. The molecule has 7 nitrogen and oxygen atoms in total. The first-order chi connectivity index (χ1) is 12.9. The third kappa shape index (κ3) is 5.41. The van der Waals surface area contributed by atoms with Crippen molar-refractivity contribution in [2.75, 3.05) is 38.2 Å². The van der Waals surface area contributed by atoms with Gasteiger partial charge >= 0.3 is 0 Å². The number of carbonyl (C=O) groups excluding carboxylic acids is 1. The molecular formula is C18H19IN2O5S. The zero-order valence-corrected chi connectivity index (χ0v) is 17.4. The van der Waals surface area contributed by atoms with Gasteiger partial charge in [0.2, 0.25) is 10.0 Å². The molecule has 0 aromatic heterocycles. The summed E-state index contributed by atoms with van der Waals surface area (Å²) in [7, 11) is -3.54. The largest absolute Gasteiger partial charge is 0.484 e. The van der Waals surface area contributed by atoms with Gasteiger partial charge in [0.1, 0.15) is 5.75 Å². The fourth-order valence-corrected chi connectivity index (χ4v) is 4.29. The number of nitrogens with zero attached hydrogens (tertiary/aromatic N) is 1. The van der Waals surface area contributed by atoms with Gasteiger partial charge in [-0.2, -0.15) is 4.31 Å². The van der Waals surface area contributed by atoms with Crippen molar-refractivity contribution in [3.05, 3.63) is 52.1 Å². The molecule has 0 aliphatic carbocycles. The molecule has 0 spiro atoms. The Balaban J connectivity index is 1.55.